The third kappa shape index (κ3) is 4.71. The van der Waals surface area contributed by atoms with E-state index in [2.05, 4.69) is 46.9 Å². The number of thiazole rings is 1. The average molecular weight is 289 g/mol. The highest BCUT2D eigenvalue weighted by Crippen LogP contribution is 2.17. The molecule has 3 N–H and O–H groups in total. The summed E-state index contributed by atoms with van der Waals surface area (Å²) in [6.07, 6.45) is 2.04. The fourth-order valence-electron chi connectivity index (χ4n) is 2.09. The van der Waals surface area contributed by atoms with E-state index in [1.807, 2.05) is 13.0 Å². The molecule has 0 aliphatic heterocycles. The smallest absolute Gasteiger partial charge is 0.110 e. The van der Waals surface area contributed by atoms with Crippen LogP contribution >= 0.6 is 11.3 Å². The molecular formula is C16H23N3S. The summed E-state index contributed by atoms with van der Waals surface area (Å²) in [5, 5.41) is 6.69. The van der Waals surface area contributed by atoms with Crippen LogP contribution in [0.1, 0.15) is 35.7 Å². The van der Waals surface area contributed by atoms with Crippen LogP contribution in [0.4, 0.5) is 0 Å². The van der Waals surface area contributed by atoms with Crippen LogP contribution in [0.5, 0.6) is 0 Å². The van der Waals surface area contributed by atoms with Crippen LogP contribution in [0.25, 0.3) is 0 Å². The molecule has 0 aliphatic carbocycles. The molecule has 0 aliphatic rings. The quantitative estimate of drug-likeness (QED) is 0.823. The van der Waals surface area contributed by atoms with Crippen LogP contribution in [0.3, 0.4) is 0 Å². The fourth-order valence-corrected chi connectivity index (χ4v) is 2.91. The highest BCUT2D eigenvalue weighted by Gasteiger charge is 2.10. The Morgan fingerprint density at radius 3 is 2.70 bits per heavy atom. The Morgan fingerprint density at radius 1 is 1.30 bits per heavy atom. The van der Waals surface area contributed by atoms with Gasteiger partial charge >= 0.3 is 0 Å². The number of nitrogens with zero attached hydrogens (tertiary/aromatic N) is 1. The van der Waals surface area contributed by atoms with Crippen molar-refractivity contribution in [3.8, 4) is 0 Å². The Labute approximate surface area is 125 Å². The van der Waals surface area contributed by atoms with Crippen LogP contribution in [0.2, 0.25) is 0 Å². The van der Waals surface area contributed by atoms with Gasteiger partial charge in [-0.2, -0.15) is 0 Å². The summed E-state index contributed by atoms with van der Waals surface area (Å²) in [7, 11) is 0. The lowest BCUT2D eigenvalue weighted by Crippen LogP contribution is -2.35. The zero-order valence-electron chi connectivity index (χ0n) is 12.2. The van der Waals surface area contributed by atoms with Crippen molar-refractivity contribution in [1.82, 2.24) is 10.3 Å². The van der Waals surface area contributed by atoms with Gasteiger partial charge in [-0.05, 0) is 32.3 Å². The first-order valence-corrected chi connectivity index (χ1v) is 7.98. The first-order chi connectivity index (χ1) is 9.65. The Balaban J connectivity index is 1.71. The minimum absolute atomic E-state index is 0.179. The lowest BCUT2D eigenvalue weighted by molar-refractivity contribution is 0.495. The van der Waals surface area contributed by atoms with Crippen LogP contribution in [0.15, 0.2) is 35.7 Å². The number of nitrogens with one attached hydrogen (secondary N) is 1. The molecule has 20 heavy (non-hydrogen) atoms. The van der Waals surface area contributed by atoms with Crippen molar-refractivity contribution in [2.75, 3.05) is 6.54 Å². The van der Waals surface area contributed by atoms with Gasteiger partial charge in [0.2, 0.25) is 0 Å². The van der Waals surface area contributed by atoms with Crippen molar-refractivity contribution in [2.45, 2.75) is 38.8 Å². The van der Waals surface area contributed by atoms with Gasteiger partial charge in [0.25, 0.3) is 0 Å². The second-order valence-electron chi connectivity index (χ2n) is 5.24. The number of aryl methyl sites for hydroxylation is 2. The molecule has 0 bridgehead atoms. The van der Waals surface area contributed by atoms with E-state index >= 15 is 0 Å². The molecule has 4 heteroatoms. The molecule has 0 radical (unpaired) electrons. The van der Waals surface area contributed by atoms with Crippen LogP contribution in [0, 0.1) is 6.92 Å². The zero-order valence-corrected chi connectivity index (χ0v) is 13.0. The van der Waals surface area contributed by atoms with E-state index in [0.29, 0.717) is 0 Å². The summed E-state index contributed by atoms with van der Waals surface area (Å²) >= 11 is 1.71. The van der Waals surface area contributed by atoms with Crippen molar-refractivity contribution in [1.29, 1.82) is 0 Å². The predicted octanol–water partition coefficient (Wildman–Crippen LogP) is 3.06. The van der Waals surface area contributed by atoms with E-state index in [1.54, 1.807) is 11.3 Å². The summed E-state index contributed by atoms with van der Waals surface area (Å²) in [4.78, 5) is 4.50. The highest BCUT2D eigenvalue weighted by molar-refractivity contribution is 7.09. The number of benzene rings is 1. The Hall–Kier alpha value is -1.23. The monoisotopic (exact) mass is 289 g/mol. The zero-order chi connectivity index (χ0) is 14.4. The van der Waals surface area contributed by atoms with Gasteiger partial charge in [-0.1, -0.05) is 30.3 Å². The summed E-state index contributed by atoms with van der Waals surface area (Å²) in [5.74, 6) is 0. The van der Waals surface area contributed by atoms with E-state index in [4.69, 9.17) is 5.73 Å². The first-order valence-electron chi connectivity index (χ1n) is 7.10. The second-order valence-corrected chi connectivity index (χ2v) is 6.13. The molecule has 1 heterocycles. The Bertz CT molecular complexity index is 509. The molecule has 0 amide bonds. The number of nitrogens with two attached hydrogens (primary N) is 1. The first kappa shape index (κ1) is 15.2. The number of aromatic nitrogens is 1. The van der Waals surface area contributed by atoms with Gasteiger partial charge in [0.15, 0.2) is 0 Å². The molecule has 1 aromatic heterocycles. The number of hydrogen-bond donors (Lipinski definition) is 2. The summed E-state index contributed by atoms with van der Waals surface area (Å²) < 4.78 is 0. The maximum atomic E-state index is 6.17. The number of hydrogen-bond acceptors (Lipinski definition) is 4. The van der Waals surface area contributed by atoms with Gasteiger partial charge in [-0.25, -0.2) is 4.98 Å². The minimum Gasteiger partial charge on any atom is -0.327 e. The van der Waals surface area contributed by atoms with Crippen LogP contribution in [-0.4, -0.2) is 17.6 Å². The molecule has 0 fully saturated rings. The van der Waals surface area contributed by atoms with Gasteiger partial charge in [-0.15, -0.1) is 11.3 Å². The molecule has 108 valence electrons. The van der Waals surface area contributed by atoms with Crippen LogP contribution < -0.4 is 11.1 Å². The van der Waals surface area contributed by atoms with Gasteiger partial charge < -0.3 is 11.1 Å². The Morgan fingerprint density at radius 2 is 2.05 bits per heavy atom. The lowest BCUT2D eigenvalue weighted by Gasteiger charge is -2.16. The third-order valence-electron chi connectivity index (χ3n) is 3.34. The van der Waals surface area contributed by atoms with Crippen molar-refractivity contribution in [3.05, 3.63) is 52.0 Å². The average Bonchev–Trinajstić information content (AvgIpc) is 2.90. The van der Waals surface area contributed by atoms with Gasteiger partial charge in [0, 0.05) is 23.7 Å². The van der Waals surface area contributed by atoms with E-state index in [9.17, 15) is 0 Å². The molecule has 0 saturated carbocycles. The van der Waals surface area contributed by atoms with Crippen molar-refractivity contribution in [3.63, 3.8) is 0 Å². The maximum absolute atomic E-state index is 6.17. The van der Waals surface area contributed by atoms with Crippen molar-refractivity contribution < 1.29 is 0 Å². The SMILES string of the molecule is Cc1csc(C(C)NCC(N)CCc2ccccc2)n1. The van der Waals surface area contributed by atoms with E-state index in [1.165, 1.54) is 5.56 Å². The van der Waals surface area contributed by atoms with Gasteiger partial charge in [-0.3, -0.25) is 0 Å². The van der Waals surface area contributed by atoms with Crippen LogP contribution in [-0.2, 0) is 6.42 Å². The Kier molecular flexibility index (Phi) is 5.71. The third-order valence-corrected chi connectivity index (χ3v) is 4.49. The molecular weight excluding hydrogens is 266 g/mol. The second kappa shape index (κ2) is 7.53. The van der Waals surface area contributed by atoms with Crippen molar-refractivity contribution >= 4 is 11.3 Å². The summed E-state index contributed by atoms with van der Waals surface area (Å²) in [6.45, 7) is 4.99. The maximum Gasteiger partial charge on any atom is 0.110 e. The van der Waals surface area contributed by atoms with E-state index < -0.39 is 0 Å². The molecule has 2 atom stereocenters. The highest BCUT2D eigenvalue weighted by atomic mass is 32.1. The molecule has 3 nitrogen and oxygen atoms in total. The predicted molar refractivity (Wildman–Crippen MR) is 86.0 cm³/mol. The number of rotatable bonds is 7. The van der Waals surface area contributed by atoms with Gasteiger partial charge in [0.05, 0.1) is 6.04 Å². The molecule has 2 unspecified atom stereocenters. The molecule has 2 aromatic rings. The van der Waals surface area contributed by atoms with Crippen molar-refractivity contribution in [2.24, 2.45) is 5.73 Å². The fraction of sp³-hybridized carbons (Fsp3) is 0.438. The topological polar surface area (TPSA) is 50.9 Å². The standard InChI is InChI=1S/C16H23N3S/c1-12-11-20-16(19-12)13(2)18-10-15(17)9-8-14-6-4-3-5-7-14/h3-7,11,13,15,18H,8-10,17H2,1-2H3. The van der Waals surface area contributed by atoms with E-state index in [-0.39, 0.29) is 12.1 Å². The molecule has 0 spiro atoms. The molecule has 2 rings (SSSR count). The lowest BCUT2D eigenvalue weighted by atomic mass is 10.1. The normalized spacial score (nSPS) is 14.2. The molecule has 0 saturated heterocycles. The summed E-state index contributed by atoms with van der Waals surface area (Å²) in [5.41, 5.74) is 8.62. The van der Waals surface area contributed by atoms with Gasteiger partial charge in [0.1, 0.15) is 5.01 Å². The molecule has 1 aromatic carbocycles. The minimum atomic E-state index is 0.179. The largest absolute Gasteiger partial charge is 0.327 e. The van der Waals surface area contributed by atoms with E-state index in [0.717, 1.165) is 30.1 Å². The summed E-state index contributed by atoms with van der Waals surface area (Å²) in [6, 6.07) is 11.0.